The van der Waals surface area contributed by atoms with Gasteiger partial charge in [-0.1, -0.05) is 44.2 Å². The van der Waals surface area contributed by atoms with Crippen molar-refractivity contribution in [3.8, 4) is 5.75 Å². The molecule has 0 heterocycles. The Bertz CT molecular complexity index is 670. The largest absolute Gasteiger partial charge is 0.494 e. The molecule has 0 bridgehead atoms. The van der Waals surface area contributed by atoms with E-state index >= 15 is 0 Å². The van der Waals surface area contributed by atoms with Crippen LogP contribution >= 0.6 is 0 Å². The fourth-order valence-corrected chi connectivity index (χ4v) is 2.28. The van der Waals surface area contributed by atoms with Crippen molar-refractivity contribution in [2.24, 2.45) is 0 Å². The van der Waals surface area contributed by atoms with Gasteiger partial charge in [0.1, 0.15) is 5.75 Å². The van der Waals surface area contributed by atoms with Gasteiger partial charge in [-0.05, 0) is 42.4 Å². The highest BCUT2D eigenvalue weighted by Gasteiger charge is 2.04. The molecule has 0 radical (unpaired) electrons. The number of carboxylic acid groups (broad SMARTS) is 2. The zero-order valence-corrected chi connectivity index (χ0v) is 14.6. The van der Waals surface area contributed by atoms with Crippen molar-refractivity contribution in [3.63, 3.8) is 0 Å². The van der Waals surface area contributed by atoms with Crippen LogP contribution < -0.4 is 4.74 Å². The SMILES string of the molecule is CCN(CC)CCCOc1ccc2ccccc2c1.O=C(O)C(=O)O. The molecule has 2 N–H and O–H groups in total. The number of benzene rings is 2. The summed E-state index contributed by atoms with van der Waals surface area (Å²) < 4.78 is 5.83. The lowest BCUT2D eigenvalue weighted by molar-refractivity contribution is -0.159. The lowest BCUT2D eigenvalue weighted by Gasteiger charge is -2.17. The number of aliphatic carboxylic acids is 2. The van der Waals surface area contributed by atoms with Gasteiger partial charge in [-0.15, -0.1) is 0 Å². The first-order valence-electron chi connectivity index (χ1n) is 8.28. The Labute approximate surface area is 147 Å². The molecule has 0 saturated heterocycles. The Morgan fingerprint density at radius 1 is 0.960 bits per heavy atom. The lowest BCUT2D eigenvalue weighted by Crippen LogP contribution is -2.25. The van der Waals surface area contributed by atoms with Crippen LogP contribution in [-0.2, 0) is 9.59 Å². The second kappa shape index (κ2) is 11.0. The van der Waals surface area contributed by atoms with E-state index in [2.05, 4.69) is 61.2 Å². The van der Waals surface area contributed by atoms with Gasteiger partial charge in [0.25, 0.3) is 0 Å². The van der Waals surface area contributed by atoms with Gasteiger partial charge in [0.05, 0.1) is 6.61 Å². The van der Waals surface area contributed by atoms with Gasteiger partial charge in [-0.2, -0.15) is 0 Å². The summed E-state index contributed by atoms with van der Waals surface area (Å²) in [4.78, 5) is 20.6. The summed E-state index contributed by atoms with van der Waals surface area (Å²) in [6.07, 6.45) is 1.08. The number of ether oxygens (including phenoxy) is 1. The van der Waals surface area contributed by atoms with Crippen molar-refractivity contribution in [1.29, 1.82) is 0 Å². The van der Waals surface area contributed by atoms with Gasteiger partial charge in [0.15, 0.2) is 0 Å². The third-order valence-corrected chi connectivity index (χ3v) is 3.69. The van der Waals surface area contributed by atoms with E-state index in [9.17, 15) is 0 Å². The summed E-state index contributed by atoms with van der Waals surface area (Å²) in [5.41, 5.74) is 0. The average Bonchev–Trinajstić information content (AvgIpc) is 2.62. The third kappa shape index (κ3) is 7.67. The molecule has 0 saturated carbocycles. The average molecular weight is 347 g/mol. The summed E-state index contributed by atoms with van der Waals surface area (Å²) in [6.45, 7) is 8.54. The molecule has 136 valence electrons. The van der Waals surface area contributed by atoms with E-state index in [-0.39, 0.29) is 0 Å². The Balaban J connectivity index is 0.000000450. The van der Waals surface area contributed by atoms with E-state index in [4.69, 9.17) is 24.5 Å². The fraction of sp³-hybridized carbons (Fsp3) is 0.368. The van der Waals surface area contributed by atoms with Crippen LogP contribution in [0.25, 0.3) is 10.8 Å². The fourth-order valence-electron chi connectivity index (χ4n) is 2.28. The number of nitrogens with zero attached hydrogens (tertiary/aromatic N) is 1. The first-order valence-corrected chi connectivity index (χ1v) is 8.28. The van der Waals surface area contributed by atoms with Gasteiger partial charge < -0.3 is 19.8 Å². The topological polar surface area (TPSA) is 87.1 Å². The third-order valence-electron chi connectivity index (χ3n) is 3.69. The van der Waals surface area contributed by atoms with Crippen LogP contribution in [0.3, 0.4) is 0 Å². The molecule has 0 amide bonds. The first kappa shape index (κ1) is 20.4. The van der Waals surface area contributed by atoms with E-state index in [0.29, 0.717) is 0 Å². The Kier molecular flexibility index (Phi) is 9.03. The molecule has 0 unspecified atom stereocenters. The highest BCUT2D eigenvalue weighted by Crippen LogP contribution is 2.20. The van der Waals surface area contributed by atoms with Crippen LogP contribution in [-0.4, -0.2) is 53.3 Å². The van der Waals surface area contributed by atoms with Crippen LogP contribution in [0, 0.1) is 0 Å². The van der Waals surface area contributed by atoms with E-state index in [1.54, 1.807) is 0 Å². The lowest BCUT2D eigenvalue weighted by atomic mass is 10.1. The highest BCUT2D eigenvalue weighted by molar-refractivity contribution is 6.27. The molecule has 25 heavy (non-hydrogen) atoms. The summed E-state index contributed by atoms with van der Waals surface area (Å²) in [5.74, 6) is -2.68. The van der Waals surface area contributed by atoms with Gasteiger partial charge in [0, 0.05) is 6.54 Å². The Hall–Kier alpha value is -2.60. The van der Waals surface area contributed by atoms with Gasteiger partial charge in [0.2, 0.25) is 0 Å². The molecule has 0 aliphatic carbocycles. The molecule has 6 nitrogen and oxygen atoms in total. The van der Waals surface area contributed by atoms with Crippen molar-refractivity contribution in [2.75, 3.05) is 26.2 Å². The van der Waals surface area contributed by atoms with E-state index in [1.165, 1.54) is 10.8 Å². The summed E-state index contributed by atoms with van der Waals surface area (Å²) in [7, 11) is 0. The number of rotatable bonds is 7. The molecule has 0 atom stereocenters. The van der Waals surface area contributed by atoms with Crippen LogP contribution in [0.4, 0.5) is 0 Å². The molecule has 0 aliphatic rings. The van der Waals surface area contributed by atoms with E-state index < -0.39 is 11.9 Å². The standard InChI is InChI=1S/C17H23NO.C2H2O4/c1-3-18(4-2)12-7-13-19-17-11-10-15-8-5-6-9-16(15)14-17;3-1(4)2(5)6/h5-6,8-11,14H,3-4,7,12-13H2,1-2H3;(H,3,4)(H,5,6). The number of hydrogen-bond acceptors (Lipinski definition) is 4. The molecule has 0 aliphatic heterocycles. The summed E-state index contributed by atoms with van der Waals surface area (Å²) >= 11 is 0. The van der Waals surface area contributed by atoms with Gasteiger partial charge in [-0.25, -0.2) is 9.59 Å². The van der Waals surface area contributed by atoms with Crippen molar-refractivity contribution in [1.82, 2.24) is 4.90 Å². The van der Waals surface area contributed by atoms with Crippen LogP contribution in [0.15, 0.2) is 42.5 Å². The zero-order valence-electron chi connectivity index (χ0n) is 14.6. The van der Waals surface area contributed by atoms with Crippen LogP contribution in [0.5, 0.6) is 5.75 Å². The minimum Gasteiger partial charge on any atom is -0.494 e. The molecule has 2 aromatic rings. The smallest absolute Gasteiger partial charge is 0.414 e. The Morgan fingerprint density at radius 3 is 2.12 bits per heavy atom. The maximum atomic E-state index is 9.10. The molecule has 0 aromatic heterocycles. The molecule has 0 fully saturated rings. The first-order chi connectivity index (χ1) is 12.0. The number of carboxylic acids is 2. The van der Waals surface area contributed by atoms with E-state index in [0.717, 1.165) is 38.4 Å². The highest BCUT2D eigenvalue weighted by atomic mass is 16.5. The molecule has 2 rings (SSSR count). The molecule has 0 spiro atoms. The summed E-state index contributed by atoms with van der Waals surface area (Å²) in [6, 6.07) is 14.7. The predicted molar refractivity (Wildman–Crippen MR) is 97.1 cm³/mol. The van der Waals surface area contributed by atoms with Crippen molar-refractivity contribution < 1.29 is 24.5 Å². The van der Waals surface area contributed by atoms with Gasteiger partial charge in [-0.3, -0.25) is 0 Å². The molecular formula is C19H25NO5. The van der Waals surface area contributed by atoms with Crippen molar-refractivity contribution in [2.45, 2.75) is 20.3 Å². The van der Waals surface area contributed by atoms with Crippen molar-refractivity contribution >= 4 is 22.7 Å². The molecule has 6 heteroatoms. The van der Waals surface area contributed by atoms with Crippen molar-refractivity contribution in [3.05, 3.63) is 42.5 Å². The maximum absolute atomic E-state index is 9.10. The zero-order chi connectivity index (χ0) is 18.7. The quantitative estimate of drug-likeness (QED) is 0.591. The molecule has 2 aromatic carbocycles. The van der Waals surface area contributed by atoms with Crippen LogP contribution in [0.1, 0.15) is 20.3 Å². The van der Waals surface area contributed by atoms with E-state index in [1.807, 2.05) is 0 Å². The van der Waals surface area contributed by atoms with Crippen LogP contribution in [0.2, 0.25) is 0 Å². The second-order valence-corrected chi connectivity index (χ2v) is 5.35. The molecular weight excluding hydrogens is 322 g/mol. The predicted octanol–water partition coefficient (Wildman–Crippen LogP) is 3.11. The second-order valence-electron chi connectivity index (χ2n) is 5.35. The number of fused-ring (bicyclic) bond motifs is 1. The number of hydrogen-bond donors (Lipinski definition) is 2. The van der Waals surface area contributed by atoms with Gasteiger partial charge >= 0.3 is 11.9 Å². The number of carbonyl (C=O) groups is 2. The minimum atomic E-state index is -1.82. The summed E-state index contributed by atoms with van der Waals surface area (Å²) in [5, 5.41) is 17.3. The monoisotopic (exact) mass is 347 g/mol. The minimum absolute atomic E-state index is 0.787. The Morgan fingerprint density at radius 2 is 1.56 bits per heavy atom. The maximum Gasteiger partial charge on any atom is 0.414 e. The normalized spacial score (nSPS) is 10.2.